The summed E-state index contributed by atoms with van der Waals surface area (Å²) in [6.45, 7) is 0.955. The van der Waals surface area contributed by atoms with Crippen LogP contribution in [0.4, 0.5) is 10.5 Å². The molecular formula is C20H22N4O5S. The standard InChI is InChI=1S/C20H22N4O5S/c1-30(28,29)23-11-9-22(10-12-23)18(25)13-16-19(26)24(20(27)21-16)17-8-4-6-14-5-2-3-7-15(14)17/h2-8,16H,9-13H2,1H3,(H,21,27)/t16-/m1/s1. The summed E-state index contributed by atoms with van der Waals surface area (Å²) in [6.07, 6.45) is 0.976. The molecule has 10 heteroatoms. The van der Waals surface area contributed by atoms with Crippen molar-refractivity contribution < 1.29 is 22.8 Å². The molecule has 30 heavy (non-hydrogen) atoms. The number of benzene rings is 2. The first-order chi connectivity index (χ1) is 14.3. The van der Waals surface area contributed by atoms with Crippen LogP contribution in [0.1, 0.15) is 6.42 Å². The van der Waals surface area contributed by atoms with Crippen LogP contribution in [0.25, 0.3) is 10.8 Å². The smallest absolute Gasteiger partial charge is 0.329 e. The SMILES string of the molecule is CS(=O)(=O)N1CCN(C(=O)C[C@H]2NC(=O)N(c3cccc4ccccc34)C2=O)CC1. The molecule has 4 amide bonds. The molecule has 1 atom stereocenters. The van der Waals surface area contributed by atoms with Crippen LogP contribution in [0.5, 0.6) is 0 Å². The van der Waals surface area contributed by atoms with Crippen LogP contribution >= 0.6 is 0 Å². The number of carbonyl (C=O) groups is 3. The molecule has 2 aromatic rings. The molecule has 2 heterocycles. The first-order valence-corrected chi connectivity index (χ1v) is 11.5. The number of carbonyl (C=O) groups excluding carboxylic acids is 3. The first kappa shape index (κ1) is 20.3. The fourth-order valence-electron chi connectivity index (χ4n) is 3.87. The Hall–Kier alpha value is -2.98. The summed E-state index contributed by atoms with van der Waals surface area (Å²) in [5.74, 6) is -0.763. The molecule has 0 radical (unpaired) electrons. The van der Waals surface area contributed by atoms with Crippen molar-refractivity contribution in [2.45, 2.75) is 12.5 Å². The van der Waals surface area contributed by atoms with Gasteiger partial charge in [0, 0.05) is 31.6 Å². The minimum atomic E-state index is -3.29. The van der Waals surface area contributed by atoms with Crippen LogP contribution in [0, 0.1) is 0 Å². The molecule has 4 rings (SSSR count). The highest BCUT2D eigenvalue weighted by Crippen LogP contribution is 2.29. The summed E-state index contributed by atoms with van der Waals surface area (Å²) in [5.41, 5.74) is 0.479. The maximum Gasteiger partial charge on any atom is 0.329 e. The van der Waals surface area contributed by atoms with Crippen molar-refractivity contribution in [1.82, 2.24) is 14.5 Å². The van der Waals surface area contributed by atoms with Gasteiger partial charge in [-0.15, -0.1) is 0 Å². The summed E-state index contributed by atoms with van der Waals surface area (Å²) >= 11 is 0. The number of piperazine rings is 1. The highest BCUT2D eigenvalue weighted by atomic mass is 32.2. The van der Waals surface area contributed by atoms with Crippen LogP contribution in [0.3, 0.4) is 0 Å². The Balaban J connectivity index is 1.46. The van der Waals surface area contributed by atoms with Gasteiger partial charge in [0.25, 0.3) is 5.91 Å². The van der Waals surface area contributed by atoms with Gasteiger partial charge in [-0.3, -0.25) is 9.59 Å². The van der Waals surface area contributed by atoms with E-state index < -0.39 is 28.0 Å². The van der Waals surface area contributed by atoms with Crippen LogP contribution in [-0.4, -0.2) is 73.9 Å². The van der Waals surface area contributed by atoms with Gasteiger partial charge in [0.2, 0.25) is 15.9 Å². The minimum Gasteiger partial charge on any atom is -0.340 e. The van der Waals surface area contributed by atoms with E-state index in [0.29, 0.717) is 5.69 Å². The lowest BCUT2D eigenvalue weighted by Gasteiger charge is -2.33. The van der Waals surface area contributed by atoms with Gasteiger partial charge in [0.05, 0.1) is 18.4 Å². The van der Waals surface area contributed by atoms with Crippen molar-refractivity contribution in [3.8, 4) is 0 Å². The molecule has 2 aliphatic heterocycles. The molecule has 2 aromatic carbocycles. The van der Waals surface area contributed by atoms with Gasteiger partial charge in [-0.1, -0.05) is 36.4 Å². The third-order valence-electron chi connectivity index (χ3n) is 5.47. The van der Waals surface area contributed by atoms with E-state index in [0.717, 1.165) is 21.9 Å². The van der Waals surface area contributed by atoms with E-state index in [1.165, 1.54) is 9.21 Å². The first-order valence-electron chi connectivity index (χ1n) is 9.61. The molecule has 2 saturated heterocycles. The quantitative estimate of drug-likeness (QED) is 0.721. The Labute approximate surface area is 174 Å². The highest BCUT2D eigenvalue weighted by molar-refractivity contribution is 7.88. The lowest BCUT2D eigenvalue weighted by molar-refractivity contribution is -0.134. The number of amides is 4. The number of imide groups is 1. The van der Waals surface area contributed by atoms with Gasteiger partial charge in [0.1, 0.15) is 6.04 Å². The van der Waals surface area contributed by atoms with Gasteiger partial charge in [-0.2, -0.15) is 4.31 Å². The average Bonchev–Trinajstić information content (AvgIpc) is 3.00. The van der Waals surface area contributed by atoms with Crippen LogP contribution in [-0.2, 0) is 19.6 Å². The Morgan fingerprint density at radius 1 is 1.03 bits per heavy atom. The normalized spacial score (nSPS) is 20.6. The van der Waals surface area contributed by atoms with Crippen molar-refractivity contribution in [1.29, 1.82) is 0 Å². The molecule has 9 nitrogen and oxygen atoms in total. The lowest BCUT2D eigenvalue weighted by Crippen LogP contribution is -2.51. The van der Waals surface area contributed by atoms with Crippen LogP contribution in [0.15, 0.2) is 42.5 Å². The molecule has 0 bridgehead atoms. The van der Waals surface area contributed by atoms with Crippen molar-refractivity contribution >= 4 is 44.3 Å². The largest absolute Gasteiger partial charge is 0.340 e. The zero-order chi connectivity index (χ0) is 21.5. The van der Waals surface area contributed by atoms with Gasteiger partial charge >= 0.3 is 6.03 Å². The van der Waals surface area contributed by atoms with E-state index in [-0.39, 0.29) is 38.5 Å². The van der Waals surface area contributed by atoms with Crippen molar-refractivity contribution in [2.24, 2.45) is 0 Å². The topological polar surface area (TPSA) is 107 Å². The van der Waals surface area contributed by atoms with E-state index in [1.807, 2.05) is 30.3 Å². The third kappa shape index (κ3) is 3.75. The molecule has 0 unspecified atom stereocenters. The molecule has 0 spiro atoms. The lowest BCUT2D eigenvalue weighted by atomic mass is 10.1. The predicted octanol–water partition coefficient (Wildman–Crippen LogP) is 0.758. The van der Waals surface area contributed by atoms with Crippen molar-refractivity contribution in [3.63, 3.8) is 0 Å². The summed E-state index contributed by atoms with van der Waals surface area (Å²) in [6, 6.07) is 11.3. The third-order valence-corrected chi connectivity index (χ3v) is 6.77. The van der Waals surface area contributed by atoms with Gasteiger partial charge in [0.15, 0.2) is 0 Å². The van der Waals surface area contributed by atoms with Gasteiger partial charge < -0.3 is 10.2 Å². The van der Waals surface area contributed by atoms with E-state index >= 15 is 0 Å². The molecule has 0 aliphatic carbocycles. The fraction of sp³-hybridized carbons (Fsp3) is 0.350. The molecule has 1 N–H and O–H groups in total. The maximum atomic E-state index is 12.9. The molecule has 2 aliphatic rings. The predicted molar refractivity (Wildman–Crippen MR) is 111 cm³/mol. The Bertz CT molecular complexity index is 1120. The van der Waals surface area contributed by atoms with Gasteiger partial charge in [-0.05, 0) is 11.5 Å². The zero-order valence-electron chi connectivity index (χ0n) is 16.4. The fourth-order valence-corrected chi connectivity index (χ4v) is 4.70. The van der Waals surface area contributed by atoms with Crippen LogP contribution in [0.2, 0.25) is 0 Å². The molecule has 0 aromatic heterocycles. The number of urea groups is 1. The minimum absolute atomic E-state index is 0.162. The number of sulfonamides is 1. The van der Waals surface area contributed by atoms with E-state index in [1.54, 1.807) is 12.1 Å². The monoisotopic (exact) mass is 430 g/mol. The van der Waals surface area contributed by atoms with E-state index in [9.17, 15) is 22.8 Å². The Kier molecular flexibility index (Phi) is 5.20. The summed E-state index contributed by atoms with van der Waals surface area (Å²) in [5, 5.41) is 4.28. The average molecular weight is 430 g/mol. The number of rotatable bonds is 4. The molecule has 0 saturated carbocycles. The second kappa shape index (κ2) is 7.69. The number of hydrogen-bond acceptors (Lipinski definition) is 5. The molecule has 158 valence electrons. The van der Waals surface area contributed by atoms with Gasteiger partial charge in [-0.25, -0.2) is 18.1 Å². The maximum absolute atomic E-state index is 12.9. The van der Waals surface area contributed by atoms with E-state index in [2.05, 4.69) is 5.32 Å². The number of hydrogen-bond donors (Lipinski definition) is 1. The number of anilines is 1. The number of fused-ring (bicyclic) bond motifs is 1. The number of nitrogens with zero attached hydrogens (tertiary/aromatic N) is 3. The summed E-state index contributed by atoms with van der Waals surface area (Å²) in [4.78, 5) is 40.8. The zero-order valence-corrected chi connectivity index (χ0v) is 17.3. The Morgan fingerprint density at radius 2 is 1.70 bits per heavy atom. The highest BCUT2D eigenvalue weighted by Gasteiger charge is 2.41. The molecular weight excluding hydrogens is 408 g/mol. The Morgan fingerprint density at radius 3 is 2.40 bits per heavy atom. The van der Waals surface area contributed by atoms with E-state index in [4.69, 9.17) is 0 Å². The second-order valence-corrected chi connectivity index (χ2v) is 9.40. The van der Waals surface area contributed by atoms with Crippen molar-refractivity contribution in [2.75, 3.05) is 37.3 Å². The summed E-state index contributed by atoms with van der Waals surface area (Å²) < 4.78 is 24.5. The summed E-state index contributed by atoms with van der Waals surface area (Å²) in [7, 11) is -3.29. The van der Waals surface area contributed by atoms with Crippen molar-refractivity contribution in [3.05, 3.63) is 42.5 Å². The molecule has 2 fully saturated rings. The second-order valence-electron chi connectivity index (χ2n) is 7.42. The number of nitrogens with one attached hydrogen (secondary N) is 1. The van der Waals surface area contributed by atoms with Crippen LogP contribution < -0.4 is 10.2 Å².